The maximum Gasteiger partial charge on any atom is 0.454 e. The summed E-state index contributed by atoms with van der Waals surface area (Å²) >= 11 is 0. The summed E-state index contributed by atoms with van der Waals surface area (Å²) in [6, 6.07) is 6.51. The Labute approximate surface area is 109 Å². The Morgan fingerprint density at radius 3 is 2.58 bits per heavy atom. The van der Waals surface area contributed by atoms with Gasteiger partial charge in [-0.25, -0.2) is 0 Å². The van der Waals surface area contributed by atoms with Crippen molar-refractivity contribution in [1.82, 2.24) is 0 Å². The van der Waals surface area contributed by atoms with E-state index in [2.05, 4.69) is 0 Å². The van der Waals surface area contributed by atoms with Crippen LogP contribution in [0.1, 0.15) is 37.3 Å². The Hall–Kier alpha value is -1.78. The zero-order valence-corrected chi connectivity index (χ0v) is 10.7. The number of benzene rings is 1. The molecular formula is C14H15F3O2. The van der Waals surface area contributed by atoms with Crippen LogP contribution in [0.15, 0.2) is 30.3 Å². The second-order valence-electron chi connectivity index (χ2n) is 4.33. The smallest absolute Gasteiger partial charge is 0.454 e. The predicted molar refractivity (Wildman–Crippen MR) is 66.8 cm³/mol. The number of ketones is 1. The van der Waals surface area contributed by atoms with E-state index in [-0.39, 0.29) is 17.6 Å². The first-order chi connectivity index (χ1) is 8.75. The SMILES string of the molecule is CCC(C)c1cccc(C(O)=CC(=O)C(F)(F)F)c1. The fourth-order valence-electron chi connectivity index (χ4n) is 1.53. The van der Waals surface area contributed by atoms with Gasteiger partial charge in [-0.2, -0.15) is 13.2 Å². The molecule has 0 aliphatic heterocycles. The molecule has 1 unspecified atom stereocenters. The van der Waals surface area contributed by atoms with Crippen molar-refractivity contribution in [1.29, 1.82) is 0 Å². The van der Waals surface area contributed by atoms with Crippen molar-refractivity contribution in [3.8, 4) is 0 Å². The number of hydrogen-bond donors (Lipinski definition) is 1. The van der Waals surface area contributed by atoms with Crippen molar-refractivity contribution in [2.24, 2.45) is 0 Å². The Morgan fingerprint density at radius 1 is 1.42 bits per heavy atom. The van der Waals surface area contributed by atoms with Crippen molar-refractivity contribution in [2.75, 3.05) is 0 Å². The summed E-state index contributed by atoms with van der Waals surface area (Å²) in [5, 5.41) is 9.57. The van der Waals surface area contributed by atoms with Gasteiger partial charge in [-0.15, -0.1) is 0 Å². The summed E-state index contributed by atoms with van der Waals surface area (Å²) in [7, 11) is 0. The highest BCUT2D eigenvalue weighted by Gasteiger charge is 2.37. The molecule has 0 amide bonds. The molecule has 1 aromatic rings. The predicted octanol–water partition coefficient (Wildman–Crippen LogP) is 4.23. The Kier molecular flexibility index (Phi) is 4.75. The monoisotopic (exact) mass is 272 g/mol. The molecule has 0 aliphatic rings. The minimum Gasteiger partial charge on any atom is -0.507 e. The van der Waals surface area contributed by atoms with Crippen LogP contribution < -0.4 is 0 Å². The van der Waals surface area contributed by atoms with E-state index in [1.807, 2.05) is 19.9 Å². The standard InChI is InChI=1S/C14H15F3O2/c1-3-9(2)10-5-4-6-11(7-10)12(18)8-13(19)14(15,16)17/h4-9,18H,3H2,1-2H3. The molecule has 0 saturated carbocycles. The average Bonchev–Trinajstić information content (AvgIpc) is 2.36. The molecule has 19 heavy (non-hydrogen) atoms. The summed E-state index contributed by atoms with van der Waals surface area (Å²) in [4.78, 5) is 10.8. The maximum atomic E-state index is 12.1. The van der Waals surface area contributed by atoms with Crippen molar-refractivity contribution >= 4 is 11.5 Å². The van der Waals surface area contributed by atoms with Crippen LogP contribution >= 0.6 is 0 Å². The molecule has 0 aliphatic carbocycles. The van der Waals surface area contributed by atoms with Gasteiger partial charge in [-0.1, -0.05) is 32.0 Å². The summed E-state index contributed by atoms with van der Waals surface area (Å²) in [6.07, 6.45) is -3.90. The quantitative estimate of drug-likeness (QED) is 0.657. The molecule has 0 fully saturated rings. The number of halogens is 3. The third kappa shape index (κ3) is 4.12. The lowest BCUT2D eigenvalue weighted by Gasteiger charge is -2.10. The van der Waals surface area contributed by atoms with E-state index in [1.165, 1.54) is 6.07 Å². The van der Waals surface area contributed by atoms with Crippen LogP contribution in [-0.4, -0.2) is 17.1 Å². The average molecular weight is 272 g/mol. The molecule has 0 radical (unpaired) electrons. The number of aliphatic hydroxyl groups is 1. The van der Waals surface area contributed by atoms with Crippen molar-refractivity contribution in [3.05, 3.63) is 41.5 Å². The van der Waals surface area contributed by atoms with Crippen LogP contribution in [0, 0.1) is 0 Å². The van der Waals surface area contributed by atoms with E-state index in [9.17, 15) is 23.1 Å². The number of aliphatic hydroxyl groups excluding tert-OH is 1. The van der Waals surface area contributed by atoms with E-state index < -0.39 is 17.7 Å². The van der Waals surface area contributed by atoms with Crippen LogP contribution in [0.2, 0.25) is 0 Å². The number of rotatable bonds is 4. The molecule has 1 rings (SSSR count). The number of hydrogen-bond acceptors (Lipinski definition) is 2. The zero-order valence-electron chi connectivity index (χ0n) is 10.7. The third-order valence-corrected chi connectivity index (χ3v) is 2.91. The van der Waals surface area contributed by atoms with Gasteiger partial charge in [0, 0.05) is 11.6 Å². The van der Waals surface area contributed by atoms with Gasteiger partial charge in [0.15, 0.2) is 0 Å². The molecule has 1 N–H and O–H groups in total. The highest BCUT2D eigenvalue weighted by atomic mass is 19.4. The fraction of sp³-hybridized carbons (Fsp3) is 0.357. The Balaban J connectivity index is 3.04. The summed E-state index contributed by atoms with van der Waals surface area (Å²) in [6.45, 7) is 3.96. The summed E-state index contributed by atoms with van der Waals surface area (Å²) in [5.74, 6) is -2.52. The second kappa shape index (κ2) is 5.91. The van der Waals surface area contributed by atoms with Crippen LogP contribution in [0.4, 0.5) is 13.2 Å². The normalized spacial score (nSPS) is 14.3. The van der Waals surface area contributed by atoms with Gasteiger partial charge in [-0.3, -0.25) is 4.79 Å². The highest BCUT2D eigenvalue weighted by Crippen LogP contribution is 2.23. The second-order valence-corrected chi connectivity index (χ2v) is 4.33. The lowest BCUT2D eigenvalue weighted by Crippen LogP contribution is -2.20. The molecule has 0 bridgehead atoms. The number of carbonyl (C=O) groups excluding carboxylic acids is 1. The number of allylic oxidation sites excluding steroid dienone is 1. The fourth-order valence-corrected chi connectivity index (χ4v) is 1.53. The van der Waals surface area contributed by atoms with Crippen molar-refractivity contribution in [2.45, 2.75) is 32.4 Å². The molecule has 0 heterocycles. The Bertz CT molecular complexity index is 490. The van der Waals surface area contributed by atoms with Gasteiger partial charge in [-0.05, 0) is 24.0 Å². The molecule has 2 nitrogen and oxygen atoms in total. The third-order valence-electron chi connectivity index (χ3n) is 2.91. The molecule has 0 spiro atoms. The van der Waals surface area contributed by atoms with Crippen LogP contribution in [0.5, 0.6) is 0 Å². The lowest BCUT2D eigenvalue weighted by atomic mass is 9.96. The molecule has 0 saturated heterocycles. The van der Waals surface area contributed by atoms with Crippen LogP contribution in [0.3, 0.4) is 0 Å². The van der Waals surface area contributed by atoms with E-state index in [1.54, 1.807) is 12.1 Å². The molecule has 1 atom stereocenters. The van der Waals surface area contributed by atoms with Gasteiger partial charge >= 0.3 is 6.18 Å². The minimum atomic E-state index is -4.97. The van der Waals surface area contributed by atoms with Gasteiger partial charge < -0.3 is 5.11 Å². The van der Waals surface area contributed by atoms with Crippen molar-refractivity contribution in [3.63, 3.8) is 0 Å². The Morgan fingerprint density at radius 2 is 2.05 bits per heavy atom. The first-order valence-electron chi connectivity index (χ1n) is 5.87. The highest BCUT2D eigenvalue weighted by molar-refractivity contribution is 5.99. The minimum absolute atomic E-state index is 0.204. The van der Waals surface area contributed by atoms with E-state index in [4.69, 9.17) is 0 Å². The van der Waals surface area contributed by atoms with E-state index in [0.717, 1.165) is 12.0 Å². The number of carbonyl (C=O) groups is 1. The first kappa shape index (κ1) is 15.3. The molecule has 0 aromatic heterocycles. The largest absolute Gasteiger partial charge is 0.507 e. The van der Waals surface area contributed by atoms with Gasteiger partial charge in [0.2, 0.25) is 0 Å². The van der Waals surface area contributed by atoms with Gasteiger partial charge in [0.25, 0.3) is 5.78 Å². The summed E-state index contributed by atoms with van der Waals surface area (Å²) < 4.78 is 36.2. The van der Waals surface area contributed by atoms with E-state index >= 15 is 0 Å². The maximum absolute atomic E-state index is 12.1. The van der Waals surface area contributed by atoms with E-state index in [0.29, 0.717) is 0 Å². The summed E-state index contributed by atoms with van der Waals surface area (Å²) in [5.41, 5.74) is 1.11. The first-order valence-corrected chi connectivity index (χ1v) is 5.87. The topological polar surface area (TPSA) is 37.3 Å². The van der Waals surface area contributed by atoms with Gasteiger partial charge in [0.05, 0.1) is 0 Å². The van der Waals surface area contributed by atoms with Gasteiger partial charge in [0.1, 0.15) is 5.76 Å². The van der Waals surface area contributed by atoms with Crippen LogP contribution in [-0.2, 0) is 4.79 Å². The number of alkyl halides is 3. The molecule has 1 aromatic carbocycles. The molecular weight excluding hydrogens is 257 g/mol. The lowest BCUT2D eigenvalue weighted by molar-refractivity contribution is -0.165. The van der Waals surface area contributed by atoms with Crippen molar-refractivity contribution < 1.29 is 23.1 Å². The molecule has 5 heteroatoms. The van der Waals surface area contributed by atoms with Crippen LogP contribution in [0.25, 0.3) is 5.76 Å². The zero-order chi connectivity index (χ0) is 14.6. The molecule has 104 valence electrons.